The number of ether oxygens (including phenoxy) is 1. The molecule has 0 spiro atoms. The Morgan fingerprint density at radius 1 is 0.248 bits per heavy atom. The van der Waals surface area contributed by atoms with E-state index in [9.17, 15) is 53.2 Å². The lowest BCUT2D eigenvalue weighted by molar-refractivity contribution is -0.269. The van der Waals surface area contributed by atoms with E-state index in [1.165, 1.54) is 95.1 Å². The summed E-state index contributed by atoms with van der Waals surface area (Å²) >= 11 is 8.51. The maximum absolute atomic E-state index is 12.3. The Morgan fingerprint density at radius 2 is 0.465 bits per heavy atom. The summed E-state index contributed by atoms with van der Waals surface area (Å²) in [5.74, 6) is -8.11. The fraction of sp³-hybridized carbons (Fsp3) is 0. The van der Waals surface area contributed by atoms with Crippen LogP contribution in [0.4, 0.5) is 8.78 Å². The fourth-order valence-electron chi connectivity index (χ4n) is 11.8. The second kappa shape index (κ2) is 53.0. The maximum Gasteiger partial charge on any atom is 0.343 e. The number of esters is 1. The van der Waals surface area contributed by atoms with Gasteiger partial charge in [-0.3, -0.25) is 0 Å². The molecule has 0 saturated heterocycles. The van der Waals surface area contributed by atoms with Crippen LogP contribution < -0.4 is 25.2 Å². The van der Waals surface area contributed by atoms with Gasteiger partial charge in [-0.1, -0.05) is 260 Å². The summed E-state index contributed by atoms with van der Waals surface area (Å²) in [6, 6.07) is 149. The molecule has 17 aromatic carbocycles. The van der Waals surface area contributed by atoms with Crippen molar-refractivity contribution in [3.8, 4) is 17.2 Å². The van der Waals surface area contributed by atoms with Crippen LogP contribution in [0.1, 0.15) is 51.8 Å². The lowest BCUT2D eigenvalue weighted by Gasteiger charge is -2.10. The molecule has 0 aromatic heterocycles. The third-order valence-electron chi connectivity index (χ3n) is 17.7. The number of carbonyl (C=O) groups is 5. The molecule has 17 rings (SSSR count). The van der Waals surface area contributed by atoms with Crippen LogP contribution in [0.5, 0.6) is 17.2 Å². The molecule has 12 nitrogen and oxygen atoms in total. The Morgan fingerprint density at radius 3 is 0.682 bits per heavy atom. The molecule has 0 amide bonds. The molecule has 0 bridgehead atoms. The van der Waals surface area contributed by atoms with Gasteiger partial charge in [0.05, 0.1) is 79.3 Å². The SMILES string of the molecule is O=C(O)c1cc(F)ccc1[O-].O=C(O)c1ccc(F)cc1[O-].O=C([O-])c1ccc(C(=O)Oc2c(I)cc(I)cc2I)cc1.O=C([O-])c1ccc(I)cc1.c1ccc([S+](c2ccccc2)c2ccccc2)cc1.c1ccc([S+](c2ccccc2)c2ccccc2)cc1.c1ccc([S+](c2ccccc2)c2ccccc2)cc1.c1ccc([S+](c2ccccc2)c2ccccc2)cc1. The van der Waals surface area contributed by atoms with Crippen LogP contribution in [-0.2, 0) is 43.6 Å². The number of hydrogen-bond donors (Lipinski definition) is 2. The van der Waals surface area contributed by atoms with Gasteiger partial charge < -0.3 is 45.0 Å². The van der Waals surface area contributed by atoms with Gasteiger partial charge in [-0.2, -0.15) is 0 Å². The maximum atomic E-state index is 12.3. The first kappa shape index (κ1) is 99.0. The summed E-state index contributed by atoms with van der Waals surface area (Å²) in [6.45, 7) is 0. The minimum Gasteiger partial charge on any atom is -0.872 e. The Bertz CT molecular complexity index is 5450. The zero-order valence-electron chi connectivity index (χ0n) is 68.3. The average Bonchev–Trinajstić information content (AvgIpc) is 0.833. The van der Waals surface area contributed by atoms with Crippen LogP contribution >= 0.6 is 90.4 Å². The fourth-order valence-corrected chi connectivity index (χ4v) is 24.3. The second-order valence-corrected chi connectivity index (χ2v) is 39.5. The molecule has 129 heavy (non-hydrogen) atoms. The molecule has 0 aliphatic rings. The smallest absolute Gasteiger partial charge is 0.343 e. The van der Waals surface area contributed by atoms with Gasteiger partial charge in [0.2, 0.25) is 0 Å². The van der Waals surface area contributed by atoms with Gasteiger partial charge in [0.1, 0.15) is 11.6 Å². The molecule has 17 aromatic rings. The van der Waals surface area contributed by atoms with Crippen molar-refractivity contribution in [3.05, 3.63) is 515 Å². The highest BCUT2D eigenvalue weighted by Crippen LogP contribution is 2.36. The first-order valence-electron chi connectivity index (χ1n) is 39.2. The van der Waals surface area contributed by atoms with Crippen molar-refractivity contribution < 1.29 is 68.1 Å². The molecule has 0 saturated carbocycles. The first-order chi connectivity index (χ1) is 62.6. The molecule has 0 heterocycles. The second-order valence-electron chi connectivity index (χ2n) is 26.6. The molecule has 2 N–H and O–H groups in total. The van der Waals surface area contributed by atoms with Crippen molar-refractivity contribution in [2.75, 3.05) is 0 Å². The Kier molecular flexibility index (Phi) is 40.7. The molecular weight excluding hydrogens is 2150 g/mol. The zero-order chi connectivity index (χ0) is 91.7. The van der Waals surface area contributed by atoms with Gasteiger partial charge in [-0.15, -0.1) is 0 Å². The van der Waals surface area contributed by atoms with Crippen molar-refractivity contribution >= 4 is 164 Å². The normalized spacial score (nSPS) is 10.2. The van der Waals surface area contributed by atoms with Crippen molar-refractivity contribution in [3.63, 3.8) is 0 Å². The molecule has 0 fully saturated rings. The number of benzene rings is 17. The predicted molar refractivity (Wildman–Crippen MR) is 535 cm³/mol. The largest absolute Gasteiger partial charge is 0.872 e. The molecular formula is C107H78F2I4O12S4. The molecule has 644 valence electrons. The van der Waals surface area contributed by atoms with Crippen molar-refractivity contribution in [1.82, 2.24) is 0 Å². The van der Waals surface area contributed by atoms with Crippen LogP contribution in [0.25, 0.3) is 0 Å². The Hall–Kier alpha value is -12.1. The average molecular weight is 2230 g/mol. The summed E-state index contributed by atoms with van der Waals surface area (Å²) in [6.07, 6.45) is 0. The molecule has 0 aliphatic carbocycles. The summed E-state index contributed by atoms with van der Waals surface area (Å²) in [4.78, 5) is 69.7. The number of aromatic carboxylic acids is 4. The van der Waals surface area contributed by atoms with E-state index in [0.717, 1.165) is 38.5 Å². The van der Waals surface area contributed by atoms with E-state index in [1.54, 1.807) is 12.1 Å². The standard InChI is InChI=1S/4C18H15S.C14H7I3O4.2C7H5FO3.C7H5IO2/c4*1-4-10-16(11-5-1)19(17-12-6-2-7-13-17)18-14-8-3-9-15-18;15-9-5-10(16)12(11(17)6-9)21-14(20)8-3-1-7(2-4-8)13(18)19;8-4-1-2-6(9)5(3-4)7(10)11;8-4-1-2-5(7(10)11)6(9)3-4;8-6-3-1-5(2-4-6)7(9)10/h4*1-15H;1-6H,(H,18,19);2*1-3,9H,(H,10,11);1-4H,(H,9,10)/q4*+1;;;;/p-4. The molecule has 0 atom stereocenters. The lowest BCUT2D eigenvalue weighted by Crippen LogP contribution is -2.22. The molecule has 22 heteroatoms. The summed E-state index contributed by atoms with van der Waals surface area (Å²) in [5, 5.41) is 58.8. The first-order valence-corrected chi connectivity index (χ1v) is 48.4. The minimum absolute atomic E-state index is 0.0146. The van der Waals surface area contributed by atoms with Gasteiger partial charge in [0.25, 0.3) is 0 Å². The topological polar surface area (TPSA) is 227 Å². The lowest BCUT2D eigenvalue weighted by atomic mass is 10.1. The predicted octanol–water partition coefficient (Wildman–Crippen LogP) is 24.1. The van der Waals surface area contributed by atoms with E-state index in [-0.39, 0.29) is 60.3 Å². The highest BCUT2D eigenvalue weighted by Gasteiger charge is 2.32. The minimum atomic E-state index is -1.41. The van der Waals surface area contributed by atoms with Crippen LogP contribution in [0.15, 0.2) is 520 Å². The highest BCUT2D eigenvalue weighted by atomic mass is 127. The number of carbonyl (C=O) groups excluding carboxylic acids is 3. The third kappa shape index (κ3) is 31.7. The van der Waals surface area contributed by atoms with E-state index < -0.39 is 64.1 Å². The quantitative estimate of drug-likeness (QED) is 0.0354. The van der Waals surface area contributed by atoms with Crippen molar-refractivity contribution in [2.24, 2.45) is 0 Å². The summed E-state index contributed by atoms with van der Waals surface area (Å²) in [7, 11) is -0.0585. The van der Waals surface area contributed by atoms with Gasteiger partial charge in [-0.25, -0.2) is 23.2 Å². The van der Waals surface area contributed by atoms with E-state index in [2.05, 4.69) is 454 Å². The van der Waals surface area contributed by atoms with E-state index in [0.29, 0.717) is 17.9 Å². The number of carboxylic acids is 4. The van der Waals surface area contributed by atoms with Crippen LogP contribution in [0.2, 0.25) is 0 Å². The monoisotopic (exact) mass is 2230 g/mol. The van der Waals surface area contributed by atoms with E-state index >= 15 is 0 Å². The van der Waals surface area contributed by atoms with Gasteiger partial charge in [0.15, 0.2) is 64.5 Å². The van der Waals surface area contributed by atoms with Crippen LogP contribution in [0.3, 0.4) is 0 Å². The number of halogens is 6. The van der Waals surface area contributed by atoms with Gasteiger partial charge in [-0.05, 0) is 314 Å². The Labute approximate surface area is 814 Å². The van der Waals surface area contributed by atoms with Gasteiger partial charge >= 0.3 is 17.9 Å². The summed E-state index contributed by atoms with van der Waals surface area (Å²) < 4.78 is 33.7. The van der Waals surface area contributed by atoms with Crippen LogP contribution in [0, 0.1) is 25.9 Å². The highest BCUT2D eigenvalue weighted by molar-refractivity contribution is 14.1. The zero-order valence-corrected chi connectivity index (χ0v) is 80.2. The summed E-state index contributed by atoms with van der Waals surface area (Å²) in [5.41, 5.74) is -0.424. The number of rotatable bonds is 18. The van der Waals surface area contributed by atoms with Crippen molar-refractivity contribution in [2.45, 2.75) is 58.7 Å². The molecule has 0 radical (unpaired) electrons. The van der Waals surface area contributed by atoms with Crippen molar-refractivity contribution in [1.29, 1.82) is 0 Å². The van der Waals surface area contributed by atoms with Gasteiger partial charge in [0, 0.05) is 7.14 Å². The number of carboxylic acid groups (broad SMARTS) is 4. The molecule has 0 aliphatic heterocycles. The Balaban J connectivity index is 0.000000155. The van der Waals surface area contributed by atoms with Crippen LogP contribution in [-0.4, -0.2) is 40.1 Å². The van der Waals surface area contributed by atoms with E-state index in [4.69, 9.17) is 14.9 Å². The van der Waals surface area contributed by atoms with E-state index in [1.807, 2.05) is 12.1 Å². The number of hydrogen-bond acceptors (Lipinski definition) is 10. The molecule has 0 unspecified atom stereocenters. The third-order valence-corrected chi connectivity index (χ3v) is 29.6.